The van der Waals surface area contributed by atoms with Crippen molar-refractivity contribution in [1.29, 1.82) is 0 Å². The SMILES string of the molecule is CNC(=O)c1c(-c2ccccc2)nn2cc(N3CCOC3=O)ccc12. The Morgan fingerprint density at radius 1 is 1.20 bits per heavy atom. The van der Waals surface area contributed by atoms with Gasteiger partial charge in [-0.05, 0) is 12.1 Å². The number of pyridine rings is 1. The molecule has 1 N–H and O–H groups in total. The maximum absolute atomic E-state index is 12.4. The van der Waals surface area contributed by atoms with Crippen LogP contribution in [0, 0.1) is 0 Å². The number of benzene rings is 1. The second kappa shape index (κ2) is 5.94. The van der Waals surface area contributed by atoms with Crippen molar-refractivity contribution in [3.8, 4) is 11.3 Å². The fraction of sp³-hybridized carbons (Fsp3) is 0.167. The van der Waals surface area contributed by atoms with Gasteiger partial charge in [-0.2, -0.15) is 5.10 Å². The van der Waals surface area contributed by atoms with E-state index in [-0.39, 0.29) is 12.0 Å². The molecule has 7 nitrogen and oxygen atoms in total. The third kappa shape index (κ3) is 2.50. The number of carbonyl (C=O) groups is 2. The Morgan fingerprint density at radius 3 is 2.68 bits per heavy atom. The van der Waals surface area contributed by atoms with Gasteiger partial charge in [-0.3, -0.25) is 9.69 Å². The van der Waals surface area contributed by atoms with Gasteiger partial charge in [0.25, 0.3) is 5.91 Å². The second-order valence-electron chi connectivity index (χ2n) is 5.65. The highest BCUT2D eigenvalue weighted by Gasteiger charge is 2.25. The molecule has 0 atom stereocenters. The number of ether oxygens (including phenoxy) is 1. The summed E-state index contributed by atoms with van der Waals surface area (Å²) < 4.78 is 6.61. The molecule has 2 aromatic heterocycles. The van der Waals surface area contributed by atoms with Crippen molar-refractivity contribution in [3.63, 3.8) is 0 Å². The second-order valence-corrected chi connectivity index (χ2v) is 5.65. The van der Waals surface area contributed by atoms with Crippen LogP contribution in [0.1, 0.15) is 10.4 Å². The van der Waals surface area contributed by atoms with Gasteiger partial charge in [-0.15, -0.1) is 0 Å². The molecule has 0 aliphatic carbocycles. The lowest BCUT2D eigenvalue weighted by Crippen LogP contribution is -2.23. The van der Waals surface area contributed by atoms with Crippen molar-refractivity contribution in [1.82, 2.24) is 14.9 Å². The first-order valence-corrected chi connectivity index (χ1v) is 7.93. The first kappa shape index (κ1) is 15.2. The molecule has 0 radical (unpaired) electrons. The molecule has 126 valence electrons. The van der Waals surface area contributed by atoms with E-state index in [4.69, 9.17) is 4.74 Å². The normalized spacial score (nSPS) is 14.0. The van der Waals surface area contributed by atoms with Gasteiger partial charge in [0.05, 0.1) is 29.5 Å². The molecule has 0 unspecified atom stereocenters. The lowest BCUT2D eigenvalue weighted by molar-refractivity contribution is 0.0965. The summed E-state index contributed by atoms with van der Waals surface area (Å²) in [7, 11) is 1.59. The van der Waals surface area contributed by atoms with E-state index in [1.165, 1.54) is 0 Å². The number of nitrogens with zero attached hydrogens (tertiary/aromatic N) is 3. The van der Waals surface area contributed by atoms with Gasteiger partial charge in [0.15, 0.2) is 0 Å². The summed E-state index contributed by atoms with van der Waals surface area (Å²) in [5, 5.41) is 7.26. The van der Waals surface area contributed by atoms with Gasteiger partial charge < -0.3 is 10.1 Å². The van der Waals surface area contributed by atoms with E-state index in [0.29, 0.717) is 35.6 Å². The summed E-state index contributed by atoms with van der Waals surface area (Å²) in [4.78, 5) is 25.7. The van der Waals surface area contributed by atoms with Gasteiger partial charge in [-0.1, -0.05) is 30.3 Å². The molecule has 4 rings (SSSR count). The van der Waals surface area contributed by atoms with Gasteiger partial charge in [0, 0.05) is 12.6 Å². The Morgan fingerprint density at radius 2 is 2.00 bits per heavy atom. The summed E-state index contributed by atoms with van der Waals surface area (Å²) >= 11 is 0. The maximum atomic E-state index is 12.4. The number of hydrogen-bond acceptors (Lipinski definition) is 4. The van der Waals surface area contributed by atoms with Crippen molar-refractivity contribution in [2.75, 3.05) is 25.1 Å². The fourth-order valence-corrected chi connectivity index (χ4v) is 2.97. The zero-order valence-electron chi connectivity index (χ0n) is 13.6. The van der Waals surface area contributed by atoms with Crippen molar-refractivity contribution < 1.29 is 14.3 Å². The van der Waals surface area contributed by atoms with E-state index < -0.39 is 0 Å². The van der Waals surface area contributed by atoms with Gasteiger partial charge in [0.1, 0.15) is 12.3 Å². The number of cyclic esters (lactones) is 1. The quantitative estimate of drug-likeness (QED) is 0.796. The molecule has 0 bridgehead atoms. The van der Waals surface area contributed by atoms with Crippen LogP contribution in [0.4, 0.5) is 10.5 Å². The molecule has 1 aliphatic heterocycles. The number of fused-ring (bicyclic) bond motifs is 1. The van der Waals surface area contributed by atoms with Gasteiger partial charge >= 0.3 is 6.09 Å². The zero-order chi connectivity index (χ0) is 17.4. The number of carbonyl (C=O) groups excluding carboxylic acids is 2. The predicted molar refractivity (Wildman–Crippen MR) is 92.7 cm³/mol. The Bertz CT molecular complexity index is 965. The van der Waals surface area contributed by atoms with Crippen LogP contribution in [0.3, 0.4) is 0 Å². The number of aromatic nitrogens is 2. The van der Waals surface area contributed by atoms with Crippen molar-refractivity contribution in [3.05, 3.63) is 54.2 Å². The summed E-state index contributed by atoms with van der Waals surface area (Å²) in [5.41, 5.74) is 3.31. The number of hydrogen-bond donors (Lipinski definition) is 1. The minimum absolute atomic E-state index is 0.206. The topological polar surface area (TPSA) is 75.9 Å². The van der Waals surface area contributed by atoms with Crippen LogP contribution in [-0.2, 0) is 4.74 Å². The maximum Gasteiger partial charge on any atom is 0.414 e. The molecule has 7 heteroatoms. The molecule has 0 saturated carbocycles. The largest absolute Gasteiger partial charge is 0.447 e. The zero-order valence-corrected chi connectivity index (χ0v) is 13.6. The molecule has 25 heavy (non-hydrogen) atoms. The number of rotatable bonds is 3. The number of amides is 2. The average Bonchev–Trinajstić information content (AvgIpc) is 3.24. The lowest BCUT2D eigenvalue weighted by Gasteiger charge is -2.12. The van der Waals surface area contributed by atoms with Gasteiger partial charge in [0.2, 0.25) is 0 Å². The predicted octanol–water partition coefficient (Wildman–Crippen LogP) is 2.32. The first-order chi connectivity index (χ1) is 12.2. The van der Waals surface area contributed by atoms with Crippen molar-refractivity contribution in [2.45, 2.75) is 0 Å². The Labute approximate surface area is 143 Å². The first-order valence-electron chi connectivity index (χ1n) is 7.93. The van der Waals surface area contributed by atoms with E-state index in [0.717, 1.165) is 5.56 Å². The van der Waals surface area contributed by atoms with E-state index in [1.807, 2.05) is 30.3 Å². The Hall–Kier alpha value is -3.35. The summed E-state index contributed by atoms with van der Waals surface area (Å²) in [6.07, 6.45) is 1.36. The van der Waals surface area contributed by atoms with Crippen LogP contribution in [0.15, 0.2) is 48.7 Å². The van der Waals surface area contributed by atoms with Crippen LogP contribution < -0.4 is 10.2 Å². The van der Waals surface area contributed by atoms with E-state index >= 15 is 0 Å². The molecule has 2 amide bonds. The highest BCUT2D eigenvalue weighted by molar-refractivity contribution is 6.06. The molecule has 1 aromatic carbocycles. The molecule has 1 saturated heterocycles. The third-order valence-electron chi connectivity index (χ3n) is 4.19. The van der Waals surface area contributed by atoms with Crippen LogP contribution in [0.25, 0.3) is 16.8 Å². The van der Waals surface area contributed by atoms with Crippen molar-refractivity contribution >= 4 is 23.2 Å². The summed E-state index contributed by atoms with van der Waals surface area (Å²) in [6, 6.07) is 13.1. The smallest absolute Gasteiger partial charge is 0.414 e. The average molecular weight is 336 g/mol. The van der Waals surface area contributed by atoms with Crippen LogP contribution in [-0.4, -0.2) is 41.8 Å². The molecular formula is C18H16N4O3. The molecule has 1 fully saturated rings. The van der Waals surface area contributed by atoms with Crippen molar-refractivity contribution in [2.24, 2.45) is 0 Å². The molecule has 3 aromatic rings. The molecular weight excluding hydrogens is 320 g/mol. The summed E-state index contributed by atoms with van der Waals surface area (Å²) in [5.74, 6) is -0.206. The van der Waals surface area contributed by atoms with E-state index in [9.17, 15) is 9.59 Å². The molecule has 0 spiro atoms. The summed E-state index contributed by atoms with van der Waals surface area (Å²) in [6.45, 7) is 0.869. The lowest BCUT2D eigenvalue weighted by atomic mass is 10.1. The highest BCUT2D eigenvalue weighted by atomic mass is 16.6. The molecule has 1 aliphatic rings. The minimum Gasteiger partial charge on any atom is -0.447 e. The highest BCUT2D eigenvalue weighted by Crippen LogP contribution is 2.28. The van der Waals surface area contributed by atoms with E-state index in [1.54, 1.807) is 34.8 Å². The van der Waals surface area contributed by atoms with Crippen LogP contribution in [0.2, 0.25) is 0 Å². The minimum atomic E-state index is -0.374. The monoisotopic (exact) mass is 336 g/mol. The Balaban J connectivity index is 1.90. The number of nitrogens with one attached hydrogen (secondary N) is 1. The van der Waals surface area contributed by atoms with Crippen LogP contribution in [0.5, 0.6) is 0 Å². The fourth-order valence-electron chi connectivity index (χ4n) is 2.97. The van der Waals surface area contributed by atoms with E-state index in [2.05, 4.69) is 10.4 Å². The Kier molecular flexibility index (Phi) is 3.61. The standard InChI is InChI=1S/C18H16N4O3/c1-19-17(23)15-14-8-7-13(21-9-10-25-18(21)24)11-22(14)20-16(15)12-5-3-2-4-6-12/h2-8,11H,9-10H2,1H3,(H,19,23). The third-order valence-corrected chi connectivity index (χ3v) is 4.19. The molecule has 3 heterocycles. The van der Waals surface area contributed by atoms with Crippen LogP contribution >= 0.6 is 0 Å². The van der Waals surface area contributed by atoms with Gasteiger partial charge in [-0.25, -0.2) is 9.31 Å². The number of anilines is 1.